The number of hydrogen-bond donors (Lipinski definition) is 1. The fourth-order valence-electron chi connectivity index (χ4n) is 2.74. The number of hydrogen-bond acceptors (Lipinski definition) is 2. The molecule has 0 aromatic carbocycles. The van der Waals surface area contributed by atoms with E-state index in [1.807, 2.05) is 0 Å². The van der Waals surface area contributed by atoms with Crippen molar-refractivity contribution in [2.75, 3.05) is 32.7 Å². The third-order valence-corrected chi connectivity index (χ3v) is 3.69. The minimum atomic E-state index is 0. The molecule has 0 saturated carbocycles. The van der Waals surface area contributed by atoms with E-state index >= 15 is 0 Å². The molecule has 5 heteroatoms. The van der Waals surface area contributed by atoms with Gasteiger partial charge in [-0.15, -0.1) is 24.0 Å². The van der Waals surface area contributed by atoms with E-state index in [0.29, 0.717) is 12.1 Å². The van der Waals surface area contributed by atoms with Crippen molar-refractivity contribution in [2.45, 2.75) is 59.5 Å². The zero-order chi connectivity index (χ0) is 14.3. The smallest absolute Gasteiger partial charge is 0.193 e. The minimum absolute atomic E-state index is 0. The van der Waals surface area contributed by atoms with Crippen LogP contribution in [0.25, 0.3) is 0 Å². The van der Waals surface area contributed by atoms with Gasteiger partial charge in [-0.25, -0.2) is 0 Å². The average molecular weight is 396 g/mol. The van der Waals surface area contributed by atoms with Crippen LogP contribution in [0.3, 0.4) is 0 Å². The molecule has 0 spiro atoms. The van der Waals surface area contributed by atoms with E-state index in [0.717, 1.165) is 38.7 Å². The fraction of sp³-hybridized carbons (Fsp3) is 0.933. The molecule has 0 atom stereocenters. The van der Waals surface area contributed by atoms with Crippen LogP contribution in [0.5, 0.6) is 0 Å². The van der Waals surface area contributed by atoms with Crippen LogP contribution in [0.1, 0.15) is 47.5 Å². The van der Waals surface area contributed by atoms with Crippen molar-refractivity contribution in [3.63, 3.8) is 0 Å². The van der Waals surface area contributed by atoms with Crippen LogP contribution in [-0.4, -0.2) is 60.6 Å². The molecule has 0 bridgehead atoms. The molecule has 1 N–H and O–H groups in total. The lowest BCUT2D eigenvalue weighted by atomic mass is 10.2. The van der Waals surface area contributed by atoms with Gasteiger partial charge in [-0.2, -0.15) is 0 Å². The molecule has 1 fully saturated rings. The van der Waals surface area contributed by atoms with Crippen molar-refractivity contribution in [3.05, 3.63) is 0 Å². The predicted molar refractivity (Wildman–Crippen MR) is 99.2 cm³/mol. The monoisotopic (exact) mass is 396 g/mol. The molecule has 1 heterocycles. The second-order valence-corrected chi connectivity index (χ2v) is 5.86. The lowest BCUT2D eigenvalue weighted by Gasteiger charge is -2.30. The van der Waals surface area contributed by atoms with E-state index < -0.39 is 0 Å². The van der Waals surface area contributed by atoms with Gasteiger partial charge in [0.25, 0.3) is 0 Å². The molecule has 0 radical (unpaired) electrons. The van der Waals surface area contributed by atoms with E-state index in [1.165, 1.54) is 12.8 Å². The van der Waals surface area contributed by atoms with Crippen LogP contribution in [-0.2, 0) is 0 Å². The van der Waals surface area contributed by atoms with Gasteiger partial charge in [-0.3, -0.25) is 9.89 Å². The Labute approximate surface area is 142 Å². The van der Waals surface area contributed by atoms with Crippen molar-refractivity contribution in [1.82, 2.24) is 15.1 Å². The maximum absolute atomic E-state index is 4.79. The van der Waals surface area contributed by atoms with Gasteiger partial charge in [0.15, 0.2) is 5.96 Å². The Bertz CT molecular complexity index is 265. The van der Waals surface area contributed by atoms with Crippen LogP contribution in [0.15, 0.2) is 4.99 Å². The normalized spacial score (nSPS) is 16.2. The highest BCUT2D eigenvalue weighted by molar-refractivity contribution is 14.0. The standard InChI is InChI=1S/C15H32N4.HI/c1-6-16-15(18-10-7-8-11-18)17-9-12-19(13(2)3)14(4)5;/h13-14H,6-12H2,1-5H3,(H,16,17);1H. The fourth-order valence-corrected chi connectivity index (χ4v) is 2.74. The first kappa shape index (κ1) is 20.0. The molecule has 0 aromatic rings. The quantitative estimate of drug-likeness (QED) is 0.426. The van der Waals surface area contributed by atoms with Crippen molar-refractivity contribution in [3.8, 4) is 0 Å². The molecular formula is C15H33IN4. The number of aliphatic imine (C=N–C) groups is 1. The third kappa shape index (κ3) is 6.61. The number of nitrogens with one attached hydrogen (secondary N) is 1. The second kappa shape index (κ2) is 10.7. The van der Waals surface area contributed by atoms with Gasteiger partial charge >= 0.3 is 0 Å². The maximum Gasteiger partial charge on any atom is 0.193 e. The number of likely N-dealkylation sites (tertiary alicyclic amines) is 1. The highest BCUT2D eigenvalue weighted by Crippen LogP contribution is 2.08. The van der Waals surface area contributed by atoms with E-state index in [-0.39, 0.29) is 24.0 Å². The minimum Gasteiger partial charge on any atom is -0.357 e. The zero-order valence-corrected chi connectivity index (χ0v) is 16.2. The summed E-state index contributed by atoms with van der Waals surface area (Å²) in [5.74, 6) is 1.10. The molecule has 1 rings (SSSR count). The highest BCUT2D eigenvalue weighted by atomic mass is 127. The number of guanidine groups is 1. The molecule has 0 aliphatic carbocycles. The molecule has 1 aliphatic rings. The van der Waals surface area contributed by atoms with E-state index in [9.17, 15) is 0 Å². The van der Waals surface area contributed by atoms with Crippen molar-refractivity contribution >= 4 is 29.9 Å². The second-order valence-electron chi connectivity index (χ2n) is 5.86. The molecule has 0 unspecified atom stereocenters. The average Bonchev–Trinajstić information content (AvgIpc) is 2.85. The van der Waals surface area contributed by atoms with E-state index in [2.05, 4.69) is 49.7 Å². The summed E-state index contributed by atoms with van der Waals surface area (Å²) in [5.41, 5.74) is 0. The van der Waals surface area contributed by atoms with Gasteiger partial charge in [-0.05, 0) is 47.5 Å². The lowest BCUT2D eigenvalue weighted by molar-refractivity contribution is 0.180. The summed E-state index contributed by atoms with van der Waals surface area (Å²) in [5, 5.41) is 3.41. The van der Waals surface area contributed by atoms with Gasteiger partial charge in [-0.1, -0.05) is 0 Å². The largest absolute Gasteiger partial charge is 0.357 e. The van der Waals surface area contributed by atoms with Gasteiger partial charge in [0.2, 0.25) is 0 Å². The highest BCUT2D eigenvalue weighted by Gasteiger charge is 2.16. The Balaban J connectivity index is 0.00000361. The summed E-state index contributed by atoms with van der Waals surface area (Å²) >= 11 is 0. The topological polar surface area (TPSA) is 30.9 Å². The summed E-state index contributed by atoms with van der Waals surface area (Å²) < 4.78 is 0. The van der Waals surface area contributed by atoms with E-state index in [1.54, 1.807) is 0 Å². The molecule has 1 aliphatic heterocycles. The molecule has 120 valence electrons. The Morgan fingerprint density at radius 3 is 2.15 bits per heavy atom. The summed E-state index contributed by atoms with van der Waals surface area (Å²) in [4.78, 5) is 9.67. The van der Waals surface area contributed by atoms with Crippen LogP contribution < -0.4 is 5.32 Å². The Morgan fingerprint density at radius 2 is 1.70 bits per heavy atom. The molecule has 1 saturated heterocycles. The first-order valence-corrected chi connectivity index (χ1v) is 7.85. The predicted octanol–water partition coefficient (Wildman–Crippen LogP) is 2.78. The van der Waals surface area contributed by atoms with Crippen molar-refractivity contribution < 1.29 is 0 Å². The molecular weight excluding hydrogens is 363 g/mol. The van der Waals surface area contributed by atoms with Crippen molar-refractivity contribution in [1.29, 1.82) is 0 Å². The lowest BCUT2D eigenvalue weighted by Crippen LogP contribution is -2.41. The Hall–Kier alpha value is -0.0400. The van der Waals surface area contributed by atoms with Gasteiger partial charge in [0.1, 0.15) is 0 Å². The van der Waals surface area contributed by atoms with Gasteiger partial charge < -0.3 is 10.2 Å². The SMILES string of the molecule is CCNC(=NCCN(C(C)C)C(C)C)N1CCCC1.I. The van der Waals surface area contributed by atoms with Crippen LogP contribution >= 0.6 is 24.0 Å². The van der Waals surface area contributed by atoms with Crippen LogP contribution in [0.2, 0.25) is 0 Å². The zero-order valence-electron chi connectivity index (χ0n) is 13.9. The summed E-state index contributed by atoms with van der Waals surface area (Å²) in [6, 6.07) is 1.18. The number of rotatable bonds is 6. The van der Waals surface area contributed by atoms with Crippen LogP contribution in [0.4, 0.5) is 0 Å². The molecule has 20 heavy (non-hydrogen) atoms. The third-order valence-electron chi connectivity index (χ3n) is 3.69. The maximum atomic E-state index is 4.79. The Kier molecular flexibility index (Phi) is 10.6. The Morgan fingerprint density at radius 1 is 1.15 bits per heavy atom. The van der Waals surface area contributed by atoms with Crippen LogP contribution in [0, 0.1) is 0 Å². The first-order valence-electron chi connectivity index (χ1n) is 7.85. The summed E-state index contributed by atoms with van der Waals surface area (Å²) in [7, 11) is 0. The molecule has 4 nitrogen and oxygen atoms in total. The van der Waals surface area contributed by atoms with Gasteiger partial charge in [0, 0.05) is 38.3 Å². The molecule has 0 aromatic heterocycles. The van der Waals surface area contributed by atoms with Crippen molar-refractivity contribution in [2.24, 2.45) is 4.99 Å². The summed E-state index contributed by atoms with van der Waals surface area (Å²) in [6.45, 7) is 16.4. The number of halogens is 1. The number of nitrogens with zero attached hydrogens (tertiary/aromatic N) is 3. The first-order chi connectivity index (χ1) is 9.06. The summed E-state index contributed by atoms with van der Waals surface area (Å²) in [6.07, 6.45) is 2.60. The molecule has 0 amide bonds. The van der Waals surface area contributed by atoms with E-state index in [4.69, 9.17) is 4.99 Å². The van der Waals surface area contributed by atoms with Gasteiger partial charge in [0.05, 0.1) is 6.54 Å².